The number of amides is 1. The van der Waals surface area contributed by atoms with E-state index in [4.69, 9.17) is 0 Å². The molecule has 0 unspecified atom stereocenters. The van der Waals surface area contributed by atoms with Crippen LogP contribution in [0.2, 0.25) is 0 Å². The number of halogens is 2. The molecule has 0 radical (unpaired) electrons. The average Bonchev–Trinajstić information content (AvgIpc) is 3.11. The molecule has 1 amide bonds. The van der Waals surface area contributed by atoms with Gasteiger partial charge in [0.2, 0.25) is 5.91 Å². The van der Waals surface area contributed by atoms with Gasteiger partial charge in [0.15, 0.2) is 5.13 Å². The number of hydrogen-bond acceptors (Lipinski definition) is 5. The molecule has 9 heteroatoms. The van der Waals surface area contributed by atoms with Crippen LogP contribution in [-0.4, -0.2) is 15.5 Å². The summed E-state index contributed by atoms with van der Waals surface area (Å²) in [6.07, 6.45) is 0. The number of carbonyl (C=O) groups is 1. The lowest BCUT2D eigenvalue weighted by Gasteiger charge is -2.04. The number of rotatable bonds is 4. The summed E-state index contributed by atoms with van der Waals surface area (Å²) in [6, 6.07) is 3.09. The monoisotopic (exact) mass is 367 g/mol. The fourth-order valence-corrected chi connectivity index (χ4v) is 3.51. The van der Waals surface area contributed by atoms with Gasteiger partial charge in [-0.3, -0.25) is 14.2 Å². The third-order valence-corrected chi connectivity index (χ3v) is 4.87. The molecule has 3 rings (SSSR count). The van der Waals surface area contributed by atoms with E-state index in [9.17, 15) is 18.4 Å². The van der Waals surface area contributed by atoms with E-state index in [0.29, 0.717) is 5.69 Å². The molecule has 0 spiro atoms. The van der Waals surface area contributed by atoms with Gasteiger partial charge in [0, 0.05) is 22.0 Å². The molecule has 1 aromatic carbocycles. The molecule has 0 aliphatic heterocycles. The topological polar surface area (TPSA) is 64.0 Å². The number of hydrogen-bond donors (Lipinski definition) is 1. The lowest BCUT2D eigenvalue weighted by atomic mass is 10.1. The molecule has 24 heavy (non-hydrogen) atoms. The van der Waals surface area contributed by atoms with Crippen LogP contribution < -0.4 is 10.2 Å². The third-order valence-electron chi connectivity index (χ3n) is 3.23. The Morgan fingerprint density at radius 2 is 2.08 bits per heavy atom. The first-order valence-corrected chi connectivity index (χ1v) is 8.55. The zero-order valence-electron chi connectivity index (χ0n) is 12.4. The Bertz CT molecular complexity index is 962. The molecule has 1 N–H and O–H groups in total. The third kappa shape index (κ3) is 3.41. The maximum Gasteiger partial charge on any atom is 0.307 e. The summed E-state index contributed by atoms with van der Waals surface area (Å²) >= 11 is 2.11. The van der Waals surface area contributed by atoms with Crippen molar-refractivity contribution in [3.63, 3.8) is 0 Å². The van der Waals surface area contributed by atoms with E-state index in [2.05, 4.69) is 10.3 Å². The highest BCUT2D eigenvalue weighted by Crippen LogP contribution is 2.27. The van der Waals surface area contributed by atoms with E-state index in [1.807, 2.05) is 0 Å². The van der Waals surface area contributed by atoms with Gasteiger partial charge in [-0.2, -0.15) is 0 Å². The summed E-state index contributed by atoms with van der Waals surface area (Å²) in [5, 5.41) is 6.00. The molecule has 0 aliphatic rings. The number of anilines is 1. The number of nitrogens with zero attached hydrogens (tertiary/aromatic N) is 2. The Kier molecular flexibility index (Phi) is 4.54. The Hall–Kier alpha value is -2.39. The minimum Gasteiger partial charge on any atom is -0.300 e. The van der Waals surface area contributed by atoms with Crippen LogP contribution in [0.15, 0.2) is 33.8 Å². The van der Waals surface area contributed by atoms with Crippen molar-refractivity contribution < 1.29 is 13.6 Å². The molecule has 3 aromatic rings. The van der Waals surface area contributed by atoms with Gasteiger partial charge in [-0.05, 0) is 25.1 Å². The SMILES string of the molecule is Cc1csc(=O)n1CC(=O)Nc1nc(-c2cc(F)ccc2F)cs1. The van der Waals surface area contributed by atoms with Crippen molar-refractivity contribution in [1.29, 1.82) is 0 Å². The van der Waals surface area contributed by atoms with Crippen molar-refractivity contribution in [2.45, 2.75) is 13.5 Å². The van der Waals surface area contributed by atoms with Crippen molar-refractivity contribution in [2.75, 3.05) is 5.32 Å². The molecule has 0 saturated heterocycles. The van der Waals surface area contributed by atoms with E-state index < -0.39 is 17.5 Å². The number of nitrogens with one attached hydrogen (secondary N) is 1. The summed E-state index contributed by atoms with van der Waals surface area (Å²) < 4.78 is 28.3. The van der Waals surface area contributed by atoms with Gasteiger partial charge < -0.3 is 5.32 Å². The summed E-state index contributed by atoms with van der Waals surface area (Å²) in [5.41, 5.74) is 0.953. The number of carbonyl (C=O) groups excluding carboxylic acids is 1. The normalized spacial score (nSPS) is 10.8. The Balaban J connectivity index is 1.75. The predicted octanol–water partition coefficient (Wildman–Crippen LogP) is 3.26. The highest BCUT2D eigenvalue weighted by atomic mass is 32.1. The summed E-state index contributed by atoms with van der Waals surface area (Å²) in [4.78, 5) is 27.5. The van der Waals surface area contributed by atoms with Crippen molar-refractivity contribution in [3.8, 4) is 11.3 Å². The molecule has 0 saturated carbocycles. The molecular weight excluding hydrogens is 356 g/mol. The summed E-state index contributed by atoms with van der Waals surface area (Å²) in [6.45, 7) is 1.61. The lowest BCUT2D eigenvalue weighted by molar-refractivity contribution is -0.116. The van der Waals surface area contributed by atoms with Gasteiger partial charge in [-0.25, -0.2) is 13.8 Å². The molecule has 2 heterocycles. The first-order valence-electron chi connectivity index (χ1n) is 6.80. The maximum atomic E-state index is 13.7. The second-order valence-electron chi connectivity index (χ2n) is 4.94. The lowest BCUT2D eigenvalue weighted by Crippen LogP contribution is -2.25. The molecule has 124 valence electrons. The van der Waals surface area contributed by atoms with Gasteiger partial charge >= 0.3 is 4.87 Å². The van der Waals surface area contributed by atoms with E-state index in [-0.39, 0.29) is 27.8 Å². The average molecular weight is 367 g/mol. The fraction of sp³-hybridized carbons (Fsp3) is 0.133. The van der Waals surface area contributed by atoms with Gasteiger partial charge in [-0.1, -0.05) is 11.3 Å². The predicted molar refractivity (Wildman–Crippen MR) is 89.4 cm³/mol. The van der Waals surface area contributed by atoms with Gasteiger partial charge in [0.1, 0.15) is 18.2 Å². The highest BCUT2D eigenvalue weighted by Gasteiger charge is 2.13. The molecule has 5 nitrogen and oxygen atoms in total. The minimum absolute atomic E-state index is 0.0247. The van der Waals surface area contributed by atoms with Gasteiger partial charge in [0.05, 0.1) is 5.69 Å². The molecule has 0 fully saturated rings. The Labute approximate surface area is 143 Å². The smallest absolute Gasteiger partial charge is 0.300 e. The van der Waals surface area contributed by atoms with Crippen LogP contribution in [0.5, 0.6) is 0 Å². The maximum absolute atomic E-state index is 13.7. The van der Waals surface area contributed by atoms with E-state index in [0.717, 1.165) is 40.9 Å². The van der Waals surface area contributed by atoms with E-state index in [1.54, 1.807) is 12.3 Å². The first kappa shape index (κ1) is 16.5. The zero-order chi connectivity index (χ0) is 17.3. The largest absolute Gasteiger partial charge is 0.307 e. The van der Waals surface area contributed by atoms with Crippen LogP contribution in [0, 0.1) is 18.6 Å². The van der Waals surface area contributed by atoms with Crippen LogP contribution in [0.4, 0.5) is 13.9 Å². The van der Waals surface area contributed by atoms with Crippen LogP contribution in [-0.2, 0) is 11.3 Å². The second-order valence-corrected chi connectivity index (χ2v) is 6.62. The van der Waals surface area contributed by atoms with Crippen molar-refractivity contribution in [3.05, 3.63) is 56.0 Å². The number of benzene rings is 1. The number of thiazole rings is 2. The molecule has 0 bridgehead atoms. The van der Waals surface area contributed by atoms with E-state index in [1.165, 1.54) is 9.95 Å². The van der Waals surface area contributed by atoms with Crippen molar-refractivity contribution >= 4 is 33.7 Å². The highest BCUT2D eigenvalue weighted by molar-refractivity contribution is 7.14. The number of aromatic nitrogens is 2. The molecule has 0 aliphatic carbocycles. The van der Waals surface area contributed by atoms with E-state index >= 15 is 0 Å². The van der Waals surface area contributed by atoms with Crippen LogP contribution >= 0.6 is 22.7 Å². The van der Waals surface area contributed by atoms with Crippen molar-refractivity contribution in [2.24, 2.45) is 0 Å². The molecule has 2 aromatic heterocycles. The van der Waals surface area contributed by atoms with Gasteiger partial charge in [-0.15, -0.1) is 11.3 Å². The minimum atomic E-state index is -0.597. The Morgan fingerprint density at radius 3 is 2.79 bits per heavy atom. The molecule has 0 atom stereocenters. The van der Waals surface area contributed by atoms with Crippen LogP contribution in [0.3, 0.4) is 0 Å². The van der Waals surface area contributed by atoms with Crippen LogP contribution in [0.1, 0.15) is 5.69 Å². The standard InChI is InChI=1S/C15H11F2N3O2S2/c1-8-6-24-15(22)20(8)5-13(21)19-14-18-12(7-23-14)10-4-9(16)2-3-11(10)17/h2-4,6-7H,5H2,1H3,(H,18,19,21). The van der Waals surface area contributed by atoms with Gasteiger partial charge in [0.25, 0.3) is 0 Å². The quantitative estimate of drug-likeness (QED) is 0.770. The second kappa shape index (κ2) is 6.62. The van der Waals surface area contributed by atoms with Crippen LogP contribution in [0.25, 0.3) is 11.3 Å². The Morgan fingerprint density at radius 1 is 1.29 bits per heavy atom. The molecular formula is C15H11F2N3O2S2. The first-order chi connectivity index (χ1) is 11.4. The summed E-state index contributed by atoms with van der Waals surface area (Å²) in [7, 11) is 0. The number of aryl methyl sites for hydroxylation is 1. The zero-order valence-corrected chi connectivity index (χ0v) is 14.0. The summed E-state index contributed by atoms with van der Waals surface area (Å²) in [5.74, 6) is -1.59. The van der Waals surface area contributed by atoms with Crippen molar-refractivity contribution in [1.82, 2.24) is 9.55 Å². The fourth-order valence-electron chi connectivity index (χ4n) is 2.05.